The number of nitrogens with zero attached hydrogens (tertiary/aromatic N) is 1. The van der Waals surface area contributed by atoms with Crippen LogP contribution in [0.1, 0.15) is 28.8 Å². The van der Waals surface area contributed by atoms with Crippen molar-refractivity contribution in [3.63, 3.8) is 0 Å². The zero-order valence-corrected chi connectivity index (χ0v) is 18.3. The first-order valence-corrected chi connectivity index (χ1v) is 11.4. The number of halogens is 2. The van der Waals surface area contributed by atoms with Crippen molar-refractivity contribution in [2.45, 2.75) is 24.2 Å². The smallest absolute Gasteiger partial charge is 0.251 e. The number of hydrogen-bond acceptors (Lipinski definition) is 4. The van der Waals surface area contributed by atoms with Gasteiger partial charge in [0.2, 0.25) is 10.0 Å². The minimum Gasteiger partial charge on any atom is -0.495 e. The maximum absolute atomic E-state index is 12.9. The van der Waals surface area contributed by atoms with Gasteiger partial charge in [-0.2, -0.15) is 4.31 Å². The zero-order valence-electron chi connectivity index (χ0n) is 16.0. The summed E-state index contributed by atoms with van der Waals surface area (Å²) in [6, 6.07) is 9.65. The van der Waals surface area contributed by atoms with Crippen LogP contribution >= 0.6 is 23.2 Å². The van der Waals surface area contributed by atoms with Gasteiger partial charge in [-0.15, -0.1) is 0 Å². The Bertz CT molecular complexity index is 985. The highest BCUT2D eigenvalue weighted by atomic mass is 35.5. The summed E-state index contributed by atoms with van der Waals surface area (Å²) in [6.07, 6.45) is 2.20. The lowest BCUT2D eigenvalue weighted by Gasteiger charge is -2.18. The standard InChI is InChI=1S/C20H22Cl2N2O4S/c1-28-18-5-4-15(12-19(18)29(26,27)24-8-2-3-9-24)20(25)23-7-6-14-10-16(21)13-17(22)11-14/h4-5,10-13H,2-3,6-9H2,1H3,(H,23,25). The van der Waals surface area contributed by atoms with Crippen molar-refractivity contribution in [3.8, 4) is 5.75 Å². The number of ether oxygens (including phenoxy) is 1. The van der Waals surface area contributed by atoms with E-state index < -0.39 is 10.0 Å². The Kier molecular flexibility index (Phi) is 7.05. The van der Waals surface area contributed by atoms with Crippen LogP contribution in [0.15, 0.2) is 41.3 Å². The van der Waals surface area contributed by atoms with Gasteiger partial charge in [-0.1, -0.05) is 23.2 Å². The Balaban J connectivity index is 1.73. The highest BCUT2D eigenvalue weighted by Gasteiger charge is 2.30. The molecule has 0 bridgehead atoms. The fourth-order valence-electron chi connectivity index (χ4n) is 3.26. The van der Waals surface area contributed by atoms with Crippen molar-refractivity contribution in [2.75, 3.05) is 26.7 Å². The van der Waals surface area contributed by atoms with E-state index in [1.807, 2.05) is 0 Å². The van der Waals surface area contributed by atoms with Gasteiger partial charge in [0.25, 0.3) is 5.91 Å². The number of methoxy groups -OCH3 is 1. The number of carbonyl (C=O) groups excluding carboxylic acids is 1. The van der Waals surface area contributed by atoms with Gasteiger partial charge in [0, 0.05) is 35.2 Å². The van der Waals surface area contributed by atoms with Crippen molar-refractivity contribution in [1.82, 2.24) is 9.62 Å². The third-order valence-corrected chi connectivity index (χ3v) is 7.09. The number of rotatable bonds is 7. The summed E-state index contributed by atoms with van der Waals surface area (Å²) in [5, 5.41) is 3.86. The Morgan fingerprint density at radius 3 is 2.38 bits per heavy atom. The molecule has 0 aliphatic carbocycles. The molecule has 0 radical (unpaired) electrons. The molecule has 0 atom stereocenters. The fourth-order valence-corrected chi connectivity index (χ4v) is 5.53. The lowest BCUT2D eigenvalue weighted by atomic mass is 10.1. The average molecular weight is 457 g/mol. The average Bonchev–Trinajstić information content (AvgIpc) is 3.22. The van der Waals surface area contributed by atoms with E-state index in [4.69, 9.17) is 27.9 Å². The van der Waals surface area contributed by atoms with E-state index in [0.717, 1.165) is 18.4 Å². The van der Waals surface area contributed by atoms with E-state index in [1.54, 1.807) is 24.3 Å². The lowest BCUT2D eigenvalue weighted by Crippen LogP contribution is -2.29. The molecule has 6 nitrogen and oxygen atoms in total. The van der Waals surface area contributed by atoms with Crippen LogP contribution in [0, 0.1) is 0 Å². The second-order valence-electron chi connectivity index (χ2n) is 6.76. The summed E-state index contributed by atoms with van der Waals surface area (Å²) in [5.41, 5.74) is 1.16. The van der Waals surface area contributed by atoms with Crippen LogP contribution in [0.3, 0.4) is 0 Å². The molecule has 0 aromatic heterocycles. The number of benzene rings is 2. The fraction of sp³-hybridized carbons (Fsp3) is 0.350. The molecule has 1 heterocycles. The van der Waals surface area contributed by atoms with Gasteiger partial charge in [0.15, 0.2) is 0 Å². The van der Waals surface area contributed by atoms with Gasteiger partial charge < -0.3 is 10.1 Å². The maximum atomic E-state index is 12.9. The van der Waals surface area contributed by atoms with Crippen molar-refractivity contribution in [1.29, 1.82) is 0 Å². The highest BCUT2D eigenvalue weighted by Crippen LogP contribution is 2.30. The molecule has 1 fully saturated rings. The molecule has 0 unspecified atom stereocenters. The van der Waals surface area contributed by atoms with E-state index in [0.29, 0.717) is 36.1 Å². The Labute approximate surface area is 180 Å². The Morgan fingerprint density at radius 2 is 1.76 bits per heavy atom. The van der Waals surface area contributed by atoms with Gasteiger partial charge in [-0.3, -0.25) is 4.79 Å². The number of hydrogen-bond donors (Lipinski definition) is 1. The second-order valence-corrected chi connectivity index (χ2v) is 9.54. The predicted octanol–water partition coefficient (Wildman–Crippen LogP) is 3.76. The first-order chi connectivity index (χ1) is 13.8. The van der Waals surface area contributed by atoms with Crippen LogP contribution in [0.5, 0.6) is 5.75 Å². The molecule has 3 rings (SSSR count). The Morgan fingerprint density at radius 1 is 1.10 bits per heavy atom. The highest BCUT2D eigenvalue weighted by molar-refractivity contribution is 7.89. The van der Waals surface area contributed by atoms with Gasteiger partial charge in [0.1, 0.15) is 10.6 Å². The van der Waals surface area contributed by atoms with Crippen LogP contribution < -0.4 is 10.1 Å². The van der Waals surface area contributed by atoms with E-state index >= 15 is 0 Å². The second kappa shape index (κ2) is 9.34. The van der Waals surface area contributed by atoms with Crippen LogP contribution in [-0.4, -0.2) is 45.4 Å². The lowest BCUT2D eigenvalue weighted by molar-refractivity contribution is 0.0954. The molecule has 1 aliphatic rings. The summed E-state index contributed by atoms with van der Waals surface area (Å²) >= 11 is 12.0. The molecule has 2 aromatic rings. The van der Waals surface area contributed by atoms with E-state index in [9.17, 15) is 13.2 Å². The van der Waals surface area contributed by atoms with Crippen molar-refractivity contribution < 1.29 is 17.9 Å². The molecular weight excluding hydrogens is 435 g/mol. The molecule has 1 amide bonds. The van der Waals surface area contributed by atoms with Crippen LogP contribution in [0.4, 0.5) is 0 Å². The van der Waals surface area contributed by atoms with E-state index in [1.165, 1.54) is 23.5 Å². The quantitative estimate of drug-likeness (QED) is 0.687. The normalized spacial score (nSPS) is 14.7. The number of carbonyl (C=O) groups is 1. The van der Waals surface area contributed by atoms with E-state index in [-0.39, 0.29) is 22.1 Å². The number of amides is 1. The molecule has 1 saturated heterocycles. The van der Waals surface area contributed by atoms with Gasteiger partial charge >= 0.3 is 0 Å². The van der Waals surface area contributed by atoms with Crippen molar-refractivity contribution in [2.24, 2.45) is 0 Å². The summed E-state index contributed by atoms with van der Waals surface area (Å²) in [4.78, 5) is 12.6. The third-order valence-electron chi connectivity index (χ3n) is 4.73. The zero-order chi connectivity index (χ0) is 21.0. The summed E-state index contributed by atoms with van der Waals surface area (Å²) in [5.74, 6) is -0.138. The summed E-state index contributed by atoms with van der Waals surface area (Å²) in [6.45, 7) is 1.31. The van der Waals surface area contributed by atoms with Crippen LogP contribution in [0.2, 0.25) is 10.0 Å². The van der Waals surface area contributed by atoms with Crippen LogP contribution in [0.25, 0.3) is 0 Å². The van der Waals surface area contributed by atoms with Gasteiger partial charge in [-0.05, 0) is 61.2 Å². The summed E-state index contributed by atoms with van der Waals surface area (Å²) < 4.78 is 32.5. The van der Waals surface area contributed by atoms with Gasteiger partial charge in [0.05, 0.1) is 7.11 Å². The van der Waals surface area contributed by atoms with Gasteiger partial charge in [-0.25, -0.2) is 8.42 Å². The monoisotopic (exact) mass is 456 g/mol. The largest absolute Gasteiger partial charge is 0.495 e. The molecular formula is C20H22Cl2N2O4S. The number of sulfonamides is 1. The van der Waals surface area contributed by atoms with Crippen LogP contribution in [-0.2, 0) is 16.4 Å². The molecule has 9 heteroatoms. The SMILES string of the molecule is COc1ccc(C(=O)NCCc2cc(Cl)cc(Cl)c2)cc1S(=O)(=O)N1CCCC1. The predicted molar refractivity (Wildman–Crippen MR) is 113 cm³/mol. The number of nitrogens with one attached hydrogen (secondary N) is 1. The molecule has 156 valence electrons. The molecule has 1 N–H and O–H groups in total. The first kappa shape index (κ1) is 21.9. The Hall–Kier alpha value is -1.80. The first-order valence-electron chi connectivity index (χ1n) is 9.22. The molecule has 0 spiro atoms. The minimum absolute atomic E-state index is 0.0103. The molecule has 29 heavy (non-hydrogen) atoms. The topological polar surface area (TPSA) is 75.7 Å². The van der Waals surface area contributed by atoms with E-state index in [2.05, 4.69) is 5.32 Å². The van der Waals surface area contributed by atoms with Crippen molar-refractivity contribution in [3.05, 3.63) is 57.6 Å². The minimum atomic E-state index is -3.71. The maximum Gasteiger partial charge on any atom is 0.251 e. The molecule has 0 saturated carbocycles. The molecule has 1 aliphatic heterocycles. The molecule has 2 aromatic carbocycles. The third kappa shape index (κ3) is 5.22. The summed E-state index contributed by atoms with van der Waals surface area (Å²) in [7, 11) is -2.30. The van der Waals surface area contributed by atoms with Crippen molar-refractivity contribution >= 4 is 39.1 Å².